The van der Waals surface area contributed by atoms with Gasteiger partial charge in [0, 0.05) is 13.0 Å². The van der Waals surface area contributed by atoms with Crippen molar-refractivity contribution in [3.8, 4) is 0 Å². The Morgan fingerprint density at radius 3 is 2.61 bits per heavy atom. The number of ether oxygens (including phenoxy) is 1. The van der Waals surface area contributed by atoms with Crippen molar-refractivity contribution in [3.05, 3.63) is 34.6 Å². The zero-order chi connectivity index (χ0) is 13.8. The van der Waals surface area contributed by atoms with E-state index in [9.17, 15) is 9.18 Å². The van der Waals surface area contributed by atoms with Crippen LogP contribution in [0.3, 0.4) is 0 Å². The molecule has 1 unspecified atom stereocenters. The van der Waals surface area contributed by atoms with Crippen LogP contribution in [-0.2, 0) is 16.0 Å². The number of hydrogen-bond acceptors (Lipinski definition) is 2. The van der Waals surface area contributed by atoms with Gasteiger partial charge in [-0.3, -0.25) is 4.79 Å². The van der Waals surface area contributed by atoms with Gasteiger partial charge in [0.15, 0.2) is 5.78 Å². The second-order valence-electron chi connectivity index (χ2n) is 4.37. The van der Waals surface area contributed by atoms with E-state index in [1.807, 2.05) is 13.8 Å². The van der Waals surface area contributed by atoms with E-state index in [1.54, 1.807) is 13.0 Å². The Balaban J connectivity index is 2.83. The van der Waals surface area contributed by atoms with Gasteiger partial charge in [0.25, 0.3) is 0 Å². The number of ketones is 1. The molecule has 0 aromatic heterocycles. The van der Waals surface area contributed by atoms with E-state index in [1.165, 1.54) is 12.1 Å². The SMILES string of the molecule is CCOC(C)(CC)C(=O)Cc1ccc(F)c(Cl)c1. The standard InChI is InChI=1S/C14H18ClFO2/c1-4-14(3,18-5-2)13(17)9-10-6-7-12(16)11(15)8-10/h6-8H,4-5,9H2,1-3H3. The third-order valence-electron chi connectivity index (χ3n) is 3.08. The monoisotopic (exact) mass is 272 g/mol. The summed E-state index contributed by atoms with van der Waals surface area (Å²) in [6, 6.07) is 4.33. The molecule has 0 saturated heterocycles. The van der Waals surface area contributed by atoms with Gasteiger partial charge in [-0.25, -0.2) is 4.39 Å². The van der Waals surface area contributed by atoms with Crippen LogP contribution < -0.4 is 0 Å². The minimum Gasteiger partial charge on any atom is -0.368 e. The fraction of sp³-hybridized carbons (Fsp3) is 0.500. The number of halogens is 2. The second-order valence-corrected chi connectivity index (χ2v) is 4.77. The molecule has 1 aromatic carbocycles. The summed E-state index contributed by atoms with van der Waals surface area (Å²) in [5.41, 5.74) is -0.0823. The van der Waals surface area contributed by atoms with Crippen LogP contribution in [0, 0.1) is 5.82 Å². The Morgan fingerprint density at radius 1 is 1.44 bits per heavy atom. The fourth-order valence-electron chi connectivity index (χ4n) is 1.72. The first kappa shape index (κ1) is 15.1. The molecule has 18 heavy (non-hydrogen) atoms. The van der Waals surface area contributed by atoms with Gasteiger partial charge >= 0.3 is 0 Å². The highest BCUT2D eigenvalue weighted by Gasteiger charge is 2.31. The predicted molar refractivity (Wildman–Crippen MR) is 70.4 cm³/mol. The molecule has 0 amide bonds. The highest BCUT2D eigenvalue weighted by atomic mass is 35.5. The van der Waals surface area contributed by atoms with Gasteiger partial charge in [0.05, 0.1) is 5.02 Å². The van der Waals surface area contributed by atoms with Gasteiger partial charge in [-0.05, 0) is 38.0 Å². The minimum absolute atomic E-state index is 0.0190. The third-order valence-corrected chi connectivity index (χ3v) is 3.37. The number of carbonyl (C=O) groups excluding carboxylic acids is 1. The lowest BCUT2D eigenvalue weighted by molar-refractivity contribution is -0.141. The molecule has 0 N–H and O–H groups in total. The molecule has 0 bridgehead atoms. The molecule has 1 aromatic rings. The molecule has 0 radical (unpaired) electrons. The van der Waals surface area contributed by atoms with Gasteiger partial charge in [-0.1, -0.05) is 24.6 Å². The fourth-order valence-corrected chi connectivity index (χ4v) is 1.92. The van der Waals surface area contributed by atoms with E-state index in [-0.39, 0.29) is 17.2 Å². The highest BCUT2D eigenvalue weighted by Crippen LogP contribution is 2.21. The molecule has 0 heterocycles. The summed E-state index contributed by atoms with van der Waals surface area (Å²) in [6.45, 7) is 6.03. The highest BCUT2D eigenvalue weighted by molar-refractivity contribution is 6.30. The van der Waals surface area contributed by atoms with Crippen molar-refractivity contribution < 1.29 is 13.9 Å². The summed E-state index contributed by atoms with van der Waals surface area (Å²) in [5, 5.41) is 0.0370. The first-order valence-electron chi connectivity index (χ1n) is 6.04. The van der Waals surface area contributed by atoms with E-state index in [4.69, 9.17) is 16.3 Å². The number of carbonyl (C=O) groups is 1. The molecule has 0 aliphatic heterocycles. The topological polar surface area (TPSA) is 26.3 Å². The van der Waals surface area contributed by atoms with Crippen LogP contribution in [-0.4, -0.2) is 18.0 Å². The van der Waals surface area contributed by atoms with Gasteiger partial charge in [-0.15, -0.1) is 0 Å². The van der Waals surface area contributed by atoms with Crippen LogP contribution in [0.15, 0.2) is 18.2 Å². The van der Waals surface area contributed by atoms with Crippen LogP contribution in [0.2, 0.25) is 5.02 Å². The maximum Gasteiger partial charge on any atom is 0.168 e. The Labute approximate surface area is 112 Å². The van der Waals surface area contributed by atoms with Crippen molar-refractivity contribution in [2.24, 2.45) is 0 Å². The van der Waals surface area contributed by atoms with Crippen LogP contribution >= 0.6 is 11.6 Å². The summed E-state index contributed by atoms with van der Waals surface area (Å²) in [7, 11) is 0. The first-order chi connectivity index (χ1) is 8.42. The Bertz CT molecular complexity index is 434. The van der Waals surface area contributed by atoms with Crippen LogP contribution in [0.4, 0.5) is 4.39 Å². The lowest BCUT2D eigenvalue weighted by atomic mass is 9.92. The molecule has 0 aliphatic rings. The molecule has 4 heteroatoms. The van der Waals surface area contributed by atoms with Crippen molar-refractivity contribution >= 4 is 17.4 Å². The van der Waals surface area contributed by atoms with Gasteiger partial charge < -0.3 is 4.74 Å². The number of Topliss-reactive ketones (excluding diaryl/α,β-unsaturated/α-hetero) is 1. The van der Waals surface area contributed by atoms with Crippen molar-refractivity contribution in [1.29, 1.82) is 0 Å². The van der Waals surface area contributed by atoms with E-state index in [0.29, 0.717) is 18.6 Å². The van der Waals surface area contributed by atoms with E-state index in [2.05, 4.69) is 0 Å². The smallest absolute Gasteiger partial charge is 0.168 e. The molecule has 100 valence electrons. The average Bonchev–Trinajstić information content (AvgIpc) is 2.34. The van der Waals surface area contributed by atoms with E-state index in [0.717, 1.165) is 0 Å². The number of rotatable bonds is 6. The maximum atomic E-state index is 13.0. The molecular weight excluding hydrogens is 255 g/mol. The summed E-state index contributed by atoms with van der Waals surface area (Å²) in [5.74, 6) is -0.495. The van der Waals surface area contributed by atoms with Crippen LogP contribution in [0.1, 0.15) is 32.8 Å². The lowest BCUT2D eigenvalue weighted by Crippen LogP contribution is -2.39. The van der Waals surface area contributed by atoms with Gasteiger partial charge in [0.2, 0.25) is 0 Å². The number of benzene rings is 1. The Morgan fingerprint density at radius 2 is 2.11 bits per heavy atom. The zero-order valence-electron chi connectivity index (χ0n) is 10.9. The molecule has 0 saturated carbocycles. The van der Waals surface area contributed by atoms with Crippen molar-refractivity contribution in [2.75, 3.05) is 6.61 Å². The van der Waals surface area contributed by atoms with E-state index >= 15 is 0 Å². The average molecular weight is 273 g/mol. The molecule has 1 rings (SSSR count). The van der Waals surface area contributed by atoms with Crippen molar-refractivity contribution in [2.45, 2.75) is 39.2 Å². The predicted octanol–water partition coefficient (Wildman–Crippen LogP) is 3.80. The molecule has 0 aliphatic carbocycles. The summed E-state index contributed by atoms with van der Waals surface area (Å²) >= 11 is 5.69. The van der Waals surface area contributed by atoms with Gasteiger partial charge in [0.1, 0.15) is 11.4 Å². The normalized spacial score (nSPS) is 14.3. The molecular formula is C14H18ClFO2. The maximum absolute atomic E-state index is 13.0. The number of hydrogen-bond donors (Lipinski definition) is 0. The molecule has 2 nitrogen and oxygen atoms in total. The molecule has 1 atom stereocenters. The van der Waals surface area contributed by atoms with Crippen molar-refractivity contribution in [1.82, 2.24) is 0 Å². The summed E-state index contributed by atoms with van der Waals surface area (Å²) in [4.78, 5) is 12.2. The quantitative estimate of drug-likeness (QED) is 0.787. The molecule has 0 spiro atoms. The first-order valence-corrected chi connectivity index (χ1v) is 6.42. The Kier molecular flexibility index (Phi) is 5.29. The molecule has 0 fully saturated rings. The van der Waals surface area contributed by atoms with Crippen LogP contribution in [0.25, 0.3) is 0 Å². The largest absolute Gasteiger partial charge is 0.368 e. The van der Waals surface area contributed by atoms with E-state index < -0.39 is 11.4 Å². The lowest BCUT2D eigenvalue weighted by Gasteiger charge is -2.26. The zero-order valence-corrected chi connectivity index (χ0v) is 11.7. The minimum atomic E-state index is -0.782. The van der Waals surface area contributed by atoms with Crippen molar-refractivity contribution in [3.63, 3.8) is 0 Å². The van der Waals surface area contributed by atoms with Crippen LogP contribution in [0.5, 0.6) is 0 Å². The summed E-state index contributed by atoms with van der Waals surface area (Å²) in [6.07, 6.45) is 0.805. The third kappa shape index (κ3) is 3.53. The second kappa shape index (κ2) is 6.30. The Hall–Kier alpha value is -0.930. The van der Waals surface area contributed by atoms with Gasteiger partial charge in [-0.2, -0.15) is 0 Å². The summed E-state index contributed by atoms with van der Waals surface area (Å²) < 4.78 is 18.5.